The molecule has 0 radical (unpaired) electrons. The van der Waals surface area contributed by atoms with Gasteiger partial charge in [0.1, 0.15) is 5.60 Å². The van der Waals surface area contributed by atoms with Crippen molar-refractivity contribution in [3.8, 4) is 6.07 Å². The molecule has 1 unspecified atom stereocenters. The van der Waals surface area contributed by atoms with Crippen molar-refractivity contribution in [2.24, 2.45) is 0 Å². The van der Waals surface area contributed by atoms with Crippen LogP contribution >= 0.6 is 0 Å². The molecule has 0 aromatic heterocycles. The third-order valence-electron chi connectivity index (χ3n) is 3.17. The maximum atomic E-state index is 11.9. The normalized spacial score (nSPS) is 12.0. The lowest BCUT2D eigenvalue weighted by Crippen LogP contribution is -2.33. The molecule has 130 valence electrons. The van der Waals surface area contributed by atoms with Gasteiger partial charge in [0, 0.05) is 13.0 Å². The fourth-order valence-corrected chi connectivity index (χ4v) is 2.00. The van der Waals surface area contributed by atoms with Gasteiger partial charge < -0.3 is 15.4 Å². The first-order valence-electron chi connectivity index (χ1n) is 7.97. The molecular formula is C18H25N3O3. The Morgan fingerprint density at radius 1 is 1.25 bits per heavy atom. The van der Waals surface area contributed by atoms with E-state index in [-0.39, 0.29) is 11.9 Å². The van der Waals surface area contributed by atoms with Crippen LogP contribution in [0.1, 0.15) is 57.7 Å². The van der Waals surface area contributed by atoms with Crippen molar-refractivity contribution < 1.29 is 14.3 Å². The summed E-state index contributed by atoms with van der Waals surface area (Å²) < 4.78 is 5.11. The zero-order valence-corrected chi connectivity index (χ0v) is 14.7. The van der Waals surface area contributed by atoms with Crippen LogP contribution in [0.15, 0.2) is 24.3 Å². The van der Waals surface area contributed by atoms with Gasteiger partial charge in [-0.1, -0.05) is 12.1 Å². The second-order valence-electron chi connectivity index (χ2n) is 6.56. The third kappa shape index (κ3) is 7.63. The second-order valence-corrected chi connectivity index (χ2v) is 6.56. The molecule has 0 fully saturated rings. The first kappa shape index (κ1) is 19.5. The van der Waals surface area contributed by atoms with Crippen molar-refractivity contribution in [3.05, 3.63) is 35.4 Å². The van der Waals surface area contributed by atoms with E-state index in [1.165, 1.54) is 0 Å². The Hall–Kier alpha value is -2.55. The van der Waals surface area contributed by atoms with Crippen molar-refractivity contribution >= 4 is 12.0 Å². The highest BCUT2D eigenvalue weighted by Crippen LogP contribution is 2.13. The Morgan fingerprint density at radius 2 is 1.88 bits per heavy atom. The van der Waals surface area contributed by atoms with Crippen LogP contribution in [0, 0.1) is 11.3 Å². The van der Waals surface area contributed by atoms with Gasteiger partial charge >= 0.3 is 6.09 Å². The predicted octanol–water partition coefficient (Wildman–Crippen LogP) is 3.04. The summed E-state index contributed by atoms with van der Waals surface area (Å²) in [4.78, 5) is 23.4. The van der Waals surface area contributed by atoms with Crippen molar-refractivity contribution in [1.82, 2.24) is 10.6 Å². The van der Waals surface area contributed by atoms with Crippen LogP contribution in [0.25, 0.3) is 0 Å². The average Bonchev–Trinajstić information content (AvgIpc) is 2.50. The largest absolute Gasteiger partial charge is 0.444 e. The molecule has 1 aromatic rings. The number of nitrogens with zero attached hydrogens (tertiary/aromatic N) is 1. The quantitative estimate of drug-likeness (QED) is 0.784. The summed E-state index contributed by atoms with van der Waals surface area (Å²) in [5, 5.41) is 14.3. The van der Waals surface area contributed by atoms with Gasteiger partial charge in [0.25, 0.3) is 0 Å². The van der Waals surface area contributed by atoms with Crippen molar-refractivity contribution in [2.45, 2.75) is 52.2 Å². The fourth-order valence-electron chi connectivity index (χ4n) is 2.00. The molecule has 1 atom stereocenters. The maximum absolute atomic E-state index is 11.9. The summed E-state index contributed by atoms with van der Waals surface area (Å²) in [6.07, 6.45) is 0.371. The summed E-state index contributed by atoms with van der Waals surface area (Å²) in [6.45, 7) is 7.66. The molecule has 6 heteroatoms. The van der Waals surface area contributed by atoms with Crippen molar-refractivity contribution in [3.63, 3.8) is 0 Å². The number of ether oxygens (including phenoxy) is 1. The van der Waals surface area contributed by atoms with Crippen LogP contribution < -0.4 is 10.6 Å². The summed E-state index contributed by atoms with van der Waals surface area (Å²) >= 11 is 0. The van der Waals surface area contributed by atoms with E-state index in [1.807, 2.05) is 19.1 Å². The average molecular weight is 331 g/mol. The number of benzene rings is 1. The zero-order chi connectivity index (χ0) is 18.2. The van der Waals surface area contributed by atoms with E-state index < -0.39 is 11.7 Å². The number of carbonyl (C=O) groups excluding carboxylic acids is 2. The topological polar surface area (TPSA) is 91.2 Å². The minimum Gasteiger partial charge on any atom is -0.444 e. The van der Waals surface area contributed by atoms with Gasteiger partial charge in [-0.25, -0.2) is 4.79 Å². The highest BCUT2D eigenvalue weighted by molar-refractivity contribution is 5.76. The number of hydrogen-bond donors (Lipinski definition) is 2. The monoisotopic (exact) mass is 331 g/mol. The Labute approximate surface area is 143 Å². The van der Waals surface area contributed by atoms with Crippen LogP contribution in [0.5, 0.6) is 0 Å². The standard InChI is InChI=1S/C18H25N3O3/c1-13(15-9-7-14(12-19)8-10-15)21-16(22)6-5-11-20-17(23)24-18(2,3)4/h7-10,13H,5-6,11H2,1-4H3,(H,20,23)(H,21,22). The van der Waals surface area contributed by atoms with Crippen molar-refractivity contribution in [2.75, 3.05) is 6.54 Å². The van der Waals surface area contributed by atoms with Crippen LogP contribution in [-0.4, -0.2) is 24.1 Å². The molecule has 24 heavy (non-hydrogen) atoms. The molecule has 0 heterocycles. The molecule has 0 bridgehead atoms. The number of hydrogen-bond acceptors (Lipinski definition) is 4. The van der Waals surface area contributed by atoms with E-state index in [2.05, 4.69) is 16.7 Å². The van der Waals surface area contributed by atoms with Gasteiger partial charge in [0.05, 0.1) is 17.7 Å². The summed E-state index contributed by atoms with van der Waals surface area (Å²) in [7, 11) is 0. The highest BCUT2D eigenvalue weighted by Gasteiger charge is 2.15. The van der Waals surface area contributed by atoms with Crippen LogP contribution in [0.3, 0.4) is 0 Å². The lowest BCUT2D eigenvalue weighted by atomic mass is 10.1. The molecule has 0 saturated heterocycles. The minimum absolute atomic E-state index is 0.0853. The first-order valence-corrected chi connectivity index (χ1v) is 7.97. The molecule has 2 N–H and O–H groups in total. The molecule has 2 amide bonds. The van der Waals surface area contributed by atoms with Gasteiger partial charge in [0.2, 0.25) is 5.91 Å². The third-order valence-corrected chi connectivity index (χ3v) is 3.17. The molecule has 0 saturated carbocycles. The lowest BCUT2D eigenvalue weighted by Gasteiger charge is -2.19. The lowest BCUT2D eigenvalue weighted by molar-refractivity contribution is -0.121. The SMILES string of the molecule is CC(NC(=O)CCCNC(=O)OC(C)(C)C)c1ccc(C#N)cc1. The highest BCUT2D eigenvalue weighted by atomic mass is 16.6. The van der Waals surface area contributed by atoms with E-state index in [0.717, 1.165) is 5.56 Å². The molecule has 0 aliphatic rings. The van der Waals surface area contributed by atoms with Gasteiger partial charge in [-0.2, -0.15) is 5.26 Å². The van der Waals surface area contributed by atoms with Gasteiger partial charge in [-0.3, -0.25) is 4.79 Å². The number of carbonyl (C=O) groups is 2. The predicted molar refractivity (Wildman–Crippen MR) is 91.2 cm³/mol. The van der Waals surface area contributed by atoms with Gasteiger partial charge in [-0.05, 0) is 51.8 Å². The van der Waals surface area contributed by atoms with Crippen molar-refractivity contribution in [1.29, 1.82) is 5.26 Å². The summed E-state index contributed by atoms with van der Waals surface area (Å²) in [6, 6.07) is 9.03. The molecule has 6 nitrogen and oxygen atoms in total. The van der Waals surface area contributed by atoms with Crippen LogP contribution in [-0.2, 0) is 9.53 Å². The number of rotatable bonds is 6. The van der Waals surface area contributed by atoms with Crippen LogP contribution in [0.4, 0.5) is 4.79 Å². The number of nitriles is 1. The summed E-state index contributed by atoms with van der Waals surface area (Å²) in [5.41, 5.74) is 0.998. The Kier molecular flexibility index (Phi) is 7.25. The fraction of sp³-hybridized carbons (Fsp3) is 0.500. The molecule has 0 spiro atoms. The Morgan fingerprint density at radius 3 is 2.42 bits per heavy atom. The zero-order valence-electron chi connectivity index (χ0n) is 14.7. The molecular weight excluding hydrogens is 306 g/mol. The molecule has 1 aromatic carbocycles. The number of nitrogens with one attached hydrogen (secondary N) is 2. The number of alkyl carbamates (subject to hydrolysis) is 1. The van der Waals surface area contributed by atoms with E-state index >= 15 is 0 Å². The smallest absolute Gasteiger partial charge is 0.407 e. The van der Waals surface area contributed by atoms with Gasteiger partial charge in [-0.15, -0.1) is 0 Å². The van der Waals surface area contributed by atoms with E-state index in [0.29, 0.717) is 24.9 Å². The van der Waals surface area contributed by atoms with Gasteiger partial charge in [0.15, 0.2) is 0 Å². The Bertz CT molecular complexity index is 597. The van der Waals surface area contributed by atoms with E-state index in [4.69, 9.17) is 10.00 Å². The van der Waals surface area contributed by atoms with Crippen LogP contribution in [0.2, 0.25) is 0 Å². The van der Waals surface area contributed by atoms with E-state index in [1.54, 1.807) is 32.9 Å². The summed E-state index contributed by atoms with van der Waals surface area (Å²) in [5.74, 6) is -0.0853. The number of amides is 2. The second kappa shape index (κ2) is 8.92. The van der Waals surface area contributed by atoms with E-state index in [9.17, 15) is 9.59 Å². The Balaban J connectivity index is 2.28. The minimum atomic E-state index is -0.530. The molecule has 1 rings (SSSR count). The first-order chi connectivity index (χ1) is 11.2. The molecule has 0 aliphatic heterocycles. The maximum Gasteiger partial charge on any atom is 0.407 e. The molecule has 0 aliphatic carbocycles.